The van der Waals surface area contributed by atoms with Gasteiger partial charge in [0.2, 0.25) is 5.89 Å². The van der Waals surface area contributed by atoms with Crippen LogP contribution in [-0.4, -0.2) is 16.7 Å². The molecule has 24 heavy (non-hydrogen) atoms. The van der Waals surface area contributed by atoms with Crippen molar-refractivity contribution in [3.8, 4) is 0 Å². The van der Waals surface area contributed by atoms with Gasteiger partial charge < -0.3 is 9.84 Å². The van der Waals surface area contributed by atoms with Crippen molar-refractivity contribution in [1.29, 1.82) is 0 Å². The molecule has 1 aromatic rings. The smallest absolute Gasteiger partial charge is 0.223 e. The molecule has 1 rings (SSSR count). The van der Waals surface area contributed by atoms with Crippen LogP contribution < -0.4 is 5.32 Å². The predicted octanol–water partition coefficient (Wildman–Crippen LogP) is 5.76. The minimum atomic E-state index is -0.225. The summed E-state index contributed by atoms with van der Waals surface area (Å²) in [6.07, 6.45) is 11.7. The Morgan fingerprint density at radius 2 is 1.50 bits per heavy atom. The highest BCUT2D eigenvalue weighted by Crippen LogP contribution is 2.33. The first-order valence-electron chi connectivity index (χ1n) is 9.83. The molecule has 0 aliphatic rings. The second-order valence-electron chi connectivity index (χ2n) is 8.61. The molecule has 1 N–H and O–H groups in total. The molecule has 0 bridgehead atoms. The van der Waals surface area contributed by atoms with Gasteiger partial charge in [-0.05, 0) is 31.7 Å². The fourth-order valence-electron chi connectivity index (χ4n) is 3.43. The van der Waals surface area contributed by atoms with Crippen LogP contribution in [0.15, 0.2) is 4.52 Å². The van der Waals surface area contributed by atoms with Crippen LogP contribution in [0.2, 0.25) is 0 Å². The summed E-state index contributed by atoms with van der Waals surface area (Å²) in [5, 5.41) is 7.89. The molecule has 1 heterocycles. The van der Waals surface area contributed by atoms with Gasteiger partial charge in [0, 0.05) is 6.92 Å². The Kier molecular flexibility index (Phi) is 8.96. The summed E-state index contributed by atoms with van der Waals surface area (Å²) in [4.78, 5) is 4.48. The Morgan fingerprint density at radius 3 is 2.00 bits per heavy atom. The molecule has 1 atom stereocenters. The van der Waals surface area contributed by atoms with Crippen molar-refractivity contribution in [2.24, 2.45) is 5.41 Å². The Morgan fingerprint density at radius 1 is 0.917 bits per heavy atom. The van der Waals surface area contributed by atoms with Gasteiger partial charge in [-0.3, -0.25) is 0 Å². The fourth-order valence-corrected chi connectivity index (χ4v) is 3.43. The number of unbranched alkanes of at least 4 members (excludes halogenated alkanes) is 7. The van der Waals surface area contributed by atoms with Crippen molar-refractivity contribution >= 4 is 0 Å². The van der Waals surface area contributed by atoms with Gasteiger partial charge >= 0.3 is 0 Å². The Balaban J connectivity index is 2.38. The molecule has 4 nitrogen and oxygen atoms in total. The van der Waals surface area contributed by atoms with Gasteiger partial charge in [-0.25, -0.2) is 0 Å². The lowest BCUT2D eigenvalue weighted by molar-refractivity contribution is 0.209. The monoisotopic (exact) mass is 337 g/mol. The van der Waals surface area contributed by atoms with E-state index in [2.05, 4.69) is 50.1 Å². The molecule has 0 saturated carbocycles. The van der Waals surface area contributed by atoms with Crippen molar-refractivity contribution < 1.29 is 4.52 Å². The fraction of sp³-hybridized carbons (Fsp3) is 0.900. The molecule has 0 aliphatic heterocycles. The molecule has 140 valence electrons. The van der Waals surface area contributed by atoms with Crippen molar-refractivity contribution in [1.82, 2.24) is 15.5 Å². The van der Waals surface area contributed by atoms with Gasteiger partial charge in [0.25, 0.3) is 0 Å². The highest BCUT2D eigenvalue weighted by Gasteiger charge is 2.35. The van der Waals surface area contributed by atoms with Gasteiger partial charge in [0.15, 0.2) is 5.82 Å². The van der Waals surface area contributed by atoms with E-state index in [-0.39, 0.29) is 11.0 Å². The number of aromatic nitrogens is 2. The zero-order chi connectivity index (χ0) is 18.1. The molecule has 0 radical (unpaired) electrons. The zero-order valence-corrected chi connectivity index (χ0v) is 16.9. The van der Waals surface area contributed by atoms with Gasteiger partial charge in [0.1, 0.15) is 0 Å². The third kappa shape index (κ3) is 8.27. The molecule has 0 spiro atoms. The number of rotatable bonds is 12. The molecular formula is C20H39N3O. The van der Waals surface area contributed by atoms with E-state index in [1.165, 1.54) is 51.4 Å². The highest BCUT2D eigenvalue weighted by molar-refractivity contribution is 5.04. The number of hydrogen-bond donors (Lipinski definition) is 1. The topological polar surface area (TPSA) is 51.0 Å². The van der Waals surface area contributed by atoms with Crippen molar-refractivity contribution in [3.63, 3.8) is 0 Å². The van der Waals surface area contributed by atoms with Crippen molar-refractivity contribution in [3.05, 3.63) is 11.7 Å². The second-order valence-corrected chi connectivity index (χ2v) is 8.61. The number of aryl methyl sites for hydroxylation is 1. The Labute approximate surface area is 149 Å². The van der Waals surface area contributed by atoms with E-state index in [0.29, 0.717) is 5.89 Å². The van der Waals surface area contributed by atoms with Crippen LogP contribution in [0.25, 0.3) is 0 Å². The first-order valence-corrected chi connectivity index (χ1v) is 9.83. The molecule has 1 aromatic heterocycles. The molecule has 0 aliphatic carbocycles. The third-order valence-electron chi connectivity index (χ3n) is 4.45. The van der Waals surface area contributed by atoms with Gasteiger partial charge in [-0.1, -0.05) is 77.8 Å². The number of hydrogen-bond acceptors (Lipinski definition) is 4. The molecule has 4 heteroatoms. The summed E-state index contributed by atoms with van der Waals surface area (Å²) in [7, 11) is 0. The molecule has 0 saturated heterocycles. The maximum Gasteiger partial charge on any atom is 0.223 e. The summed E-state index contributed by atoms with van der Waals surface area (Å²) in [6.45, 7) is 14.1. The molecule has 0 unspecified atom stereocenters. The van der Waals surface area contributed by atoms with Crippen LogP contribution in [0, 0.1) is 12.3 Å². The second kappa shape index (κ2) is 10.2. The van der Waals surface area contributed by atoms with Crippen LogP contribution >= 0.6 is 0 Å². The van der Waals surface area contributed by atoms with E-state index >= 15 is 0 Å². The number of nitrogens with one attached hydrogen (secondary N) is 1. The highest BCUT2D eigenvalue weighted by atomic mass is 16.5. The predicted molar refractivity (Wildman–Crippen MR) is 101 cm³/mol. The van der Waals surface area contributed by atoms with Crippen LogP contribution in [0.4, 0.5) is 0 Å². The van der Waals surface area contributed by atoms with E-state index < -0.39 is 0 Å². The summed E-state index contributed by atoms with van der Waals surface area (Å²) in [6, 6.07) is 0. The Bertz CT molecular complexity index is 450. The van der Waals surface area contributed by atoms with Gasteiger partial charge in [0.05, 0.1) is 5.54 Å². The standard InChI is InChI=1S/C20H39N3O/c1-7-8-9-10-11-12-13-14-15-21-20(6,16-19(3,4)5)18-22-17(2)24-23-18/h21H,7-16H2,1-6H3/t20-/m0/s1. The quantitative estimate of drug-likeness (QED) is 0.493. The van der Waals surface area contributed by atoms with Crippen LogP contribution in [0.1, 0.15) is 104 Å². The minimum absolute atomic E-state index is 0.204. The van der Waals surface area contributed by atoms with Gasteiger partial charge in [-0.15, -0.1) is 0 Å². The molecule has 0 fully saturated rings. The van der Waals surface area contributed by atoms with E-state index in [1.54, 1.807) is 0 Å². The van der Waals surface area contributed by atoms with E-state index in [0.717, 1.165) is 18.8 Å². The zero-order valence-electron chi connectivity index (χ0n) is 16.9. The molecule has 0 amide bonds. The molecular weight excluding hydrogens is 298 g/mol. The lowest BCUT2D eigenvalue weighted by Gasteiger charge is -2.34. The summed E-state index contributed by atoms with van der Waals surface area (Å²) in [5.74, 6) is 1.42. The summed E-state index contributed by atoms with van der Waals surface area (Å²) in [5.41, 5.74) is -0.0211. The van der Waals surface area contributed by atoms with Crippen LogP contribution in [-0.2, 0) is 5.54 Å². The van der Waals surface area contributed by atoms with Gasteiger partial charge in [-0.2, -0.15) is 4.98 Å². The van der Waals surface area contributed by atoms with E-state index in [1.807, 2.05) is 6.92 Å². The average Bonchev–Trinajstić information content (AvgIpc) is 2.91. The van der Waals surface area contributed by atoms with Crippen LogP contribution in [0.5, 0.6) is 0 Å². The lowest BCUT2D eigenvalue weighted by atomic mass is 9.80. The largest absolute Gasteiger partial charge is 0.340 e. The number of nitrogens with zero attached hydrogens (tertiary/aromatic N) is 2. The SMILES string of the molecule is CCCCCCCCCCN[C@@](C)(CC(C)(C)C)c1noc(C)n1. The average molecular weight is 338 g/mol. The maximum atomic E-state index is 5.22. The summed E-state index contributed by atoms with van der Waals surface area (Å²) >= 11 is 0. The first kappa shape index (κ1) is 21.1. The van der Waals surface area contributed by atoms with Crippen molar-refractivity contribution in [2.45, 2.75) is 105 Å². The first-order chi connectivity index (χ1) is 11.3. The van der Waals surface area contributed by atoms with E-state index in [9.17, 15) is 0 Å². The third-order valence-corrected chi connectivity index (χ3v) is 4.45. The maximum absolute atomic E-state index is 5.22. The van der Waals surface area contributed by atoms with E-state index in [4.69, 9.17) is 4.52 Å². The minimum Gasteiger partial charge on any atom is -0.340 e. The Hall–Kier alpha value is -0.900. The van der Waals surface area contributed by atoms with Crippen molar-refractivity contribution in [2.75, 3.05) is 6.54 Å². The lowest BCUT2D eigenvalue weighted by Crippen LogP contribution is -2.44. The molecule has 0 aromatic carbocycles. The van der Waals surface area contributed by atoms with Crippen LogP contribution in [0.3, 0.4) is 0 Å². The normalized spacial score (nSPS) is 14.8. The summed E-state index contributed by atoms with van der Waals surface area (Å²) < 4.78 is 5.22.